The van der Waals surface area contributed by atoms with Crippen LogP contribution >= 0.6 is 11.8 Å². The first-order chi connectivity index (χ1) is 13.5. The summed E-state index contributed by atoms with van der Waals surface area (Å²) in [5, 5.41) is 6.33. The number of hydrogen-bond acceptors (Lipinski definition) is 5. The summed E-state index contributed by atoms with van der Waals surface area (Å²) >= 11 is 1.46. The molecular formula is C20H24N4O3S. The molecule has 2 heterocycles. The van der Waals surface area contributed by atoms with Crippen molar-refractivity contribution in [3.63, 3.8) is 0 Å². The van der Waals surface area contributed by atoms with Gasteiger partial charge in [-0.25, -0.2) is 14.6 Å². The number of aryl methyl sites for hydroxylation is 1. The van der Waals surface area contributed by atoms with Crippen LogP contribution in [-0.2, 0) is 9.53 Å². The van der Waals surface area contributed by atoms with Gasteiger partial charge >= 0.3 is 12.0 Å². The van der Waals surface area contributed by atoms with E-state index < -0.39 is 5.97 Å². The largest absolute Gasteiger partial charge is 0.463 e. The molecule has 1 atom stereocenters. The van der Waals surface area contributed by atoms with Gasteiger partial charge in [0.25, 0.3) is 0 Å². The Morgan fingerprint density at radius 3 is 2.89 bits per heavy atom. The van der Waals surface area contributed by atoms with Crippen molar-refractivity contribution in [3.8, 4) is 5.69 Å². The SMILES string of the molecule is CCOC(=O)C1=C(CSc2nccn2-c2cccc(C)c2)NC(=O)NC1CC. The van der Waals surface area contributed by atoms with E-state index in [2.05, 4.69) is 21.7 Å². The molecule has 1 aliphatic heterocycles. The van der Waals surface area contributed by atoms with E-state index in [0.29, 0.717) is 23.4 Å². The van der Waals surface area contributed by atoms with Gasteiger partial charge in [-0.15, -0.1) is 0 Å². The Bertz CT molecular complexity index is 906. The molecule has 1 aliphatic rings. The average molecular weight is 401 g/mol. The van der Waals surface area contributed by atoms with Crippen LogP contribution in [0.4, 0.5) is 4.79 Å². The Morgan fingerprint density at radius 2 is 2.18 bits per heavy atom. The molecular weight excluding hydrogens is 376 g/mol. The molecule has 2 aromatic rings. The topological polar surface area (TPSA) is 85.2 Å². The number of aromatic nitrogens is 2. The summed E-state index contributed by atoms with van der Waals surface area (Å²) in [7, 11) is 0. The first-order valence-corrected chi connectivity index (χ1v) is 10.2. The second kappa shape index (κ2) is 8.97. The highest BCUT2D eigenvalue weighted by atomic mass is 32.2. The average Bonchev–Trinajstić information content (AvgIpc) is 3.14. The van der Waals surface area contributed by atoms with Gasteiger partial charge in [0.15, 0.2) is 5.16 Å². The van der Waals surface area contributed by atoms with Crippen molar-refractivity contribution in [2.24, 2.45) is 0 Å². The van der Waals surface area contributed by atoms with Crippen molar-refractivity contribution >= 4 is 23.8 Å². The molecule has 2 amide bonds. The Morgan fingerprint density at radius 1 is 1.36 bits per heavy atom. The molecule has 0 saturated heterocycles. The number of nitrogens with zero attached hydrogens (tertiary/aromatic N) is 2. The minimum absolute atomic E-state index is 0.283. The molecule has 28 heavy (non-hydrogen) atoms. The van der Waals surface area contributed by atoms with Gasteiger partial charge in [-0.1, -0.05) is 30.8 Å². The summed E-state index contributed by atoms with van der Waals surface area (Å²) in [6.07, 6.45) is 4.24. The van der Waals surface area contributed by atoms with Gasteiger partial charge in [0.1, 0.15) is 0 Å². The molecule has 1 aromatic carbocycles. The highest BCUT2D eigenvalue weighted by Crippen LogP contribution is 2.26. The lowest BCUT2D eigenvalue weighted by Gasteiger charge is -2.28. The number of amides is 2. The smallest absolute Gasteiger partial charge is 0.337 e. The normalized spacial score (nSPS) is 16.5. The fourth-order valence-electron chi connectivity index (χ4n) is 3.08. The van der Waals surface area contributed by atoms with E-state index in [1.54, 1.807) is 13.1 Å². The Labute approximate surface area is 168 Å². The highest BCUT2D eigenvalue weighted by molar-refractivity contribution is 7.99. The first-order valence-electron chi connectivity index (χ1n) is 9.24. The van der Waals surface area contributed by atoms with Crippen LogP contribution in [0.5, 0.6) is 0 Å². The zero-order valence-electron chi connectivity index (χ0n) is 16.2. The summed E-state index contributed by atoms with van der Waals surface area (Å²) in [5.41, 5.74) is 3.22. The van der Waals surface area contributed by atoms with Crippen LogP contribution in [0, 0.1) is 6.92 Å². The zero-order valence-corrected chi connectivity index (χ0v) is 17.0. The summed E-state index contributed by atoms with van der Waals surface area (Å²) < 4.78 is 7.19. The number of rotatable bonds is 7. The van der Waals surface area contributed by atoms with Gasteiger partial charge in [-0.3, -0.25) is 4.57 Å². The predicted molar refractivity (Wildman–Crippen MR) is 108 cm³/mol. The van der Waals surface area contributed by atoms with Crippen molar-refractivity contribution < 1.29 is 14.3 Å². The molecule has 1 unspecified atom stereocenters. The lowest BCUT2D eigenvalue weighted by Crippen LogP contribution is -2.50. The number of benzene rings is 1. The number of imidazole rings is 1. The van der Waals surface area contributed by atoms with Crippen LogP contribution in [0.3, 0.4) is 0 Å². The molecule has 0 spiro atoms. The molecule has 0 aliphatic carbocycles. The van der Waals surface area contributed by atoms with Crippen LogP contribution in [0.1, 0.15) is 25.8 Å². The summed E-state index contributed by atoms with van der Waals surface area (Å²) in [6, 6.07) is 7.46. The number of nitrogens with one attached hydrogen (secondary N) is 2. The van der Waals surface area contributed by atoms with Gasteiger partial charge in [0.2, 0.25) is 0 Å². The van der Waals surface area contributed by atoms with Crippen LogP contribution in [0.15, 0.2) is 53.1 Å². The minimum atomic E-state index is -0.403. The molecule has 3 rings (SSSR count). The van der Waals surface area contributed by atoms with Crippen LogP contribution in [-0.4, -0.2) is 40.0 Å². The van der Waals surface area contributed by atoms with E-state index in [9.17, 15) is 9.59 Å². The summed E-state index contributed by atoms with van der Waals surface area (Å²) in [4.78, 5) is 28.9. The third-order valence-corrected chi connectivity index (χ3v) is 5.37. The molecule has 0 saturated carbocycles. The van der Waals surface area contributed by atoms with Gasteiger partial charge in [-0.2, -0.15) is 0 Å². The van der Waals surface area contributed by atoms with Crippen molar-refractivity contribution in [1.29, 1.82) is 0 Å². The highest BCUT2D eigenvalue weighted by Gasteiger charge is 2.31. The molecule has 1 aromatic heterocycles. The van der Waals surface area contributed by atoms with E-state index in [0.717, 1.165) is 16.4 Å². The molecule has 0 bridgehead atoms. The molecule has 0 fully saturated rings. The third kappa shape index (κ3) is 4.39. The maximum atomic E-state index is 12.5. The zero-order chi connectivity index (χ0) is 20.1. The van der Waals surface area contributed by atoms with Crippen LogP contribution < -0.4 is 10.6 Å². The predicted octanol–water partition coefficient (Wildman–Crippen LogP) is 3.18. The molecule has 7 nitrogen and oxygen atoms in total. The third-order valence-electron chi connectivity index (χ3n) is 4.38. The number of thioether (sulfide) groups is 1. The molecule has 148 valence electrons. The number of carbonyl (C=O) groups excluding carboxylic acids is 2. The molecule has 8 heteroatoms. The number of carbonyl (C=O) groups is 2. The monoisotopic (exact) mass is 400 g/mol. The number of esters is 1. The van der Waals surface area contributed by atoms with E-state index >= 15 is 0 Å². The number of ether oxygens (including phenoxy) is 1. The van der Waals surface area contributed by atoms with Crippen molar-refractivity contribution in [3.05, 3.63) is 53.5 Å². The minimum Gasteiger partial charge on any atom is -0.463 e. The lowest BCUT2D eigenvalue weighted by atomic mass is 10.0. The Hall–Kier alpha value is -2.74. The Balaban J connectivity index is 1.86. The van der Waals surface area contributed by atoms with Gasteiger partial charge in [-0.05, 0) is 38.0 Å². The summed E-state index contributed by atoms with van der Waals surface area (Å²) in [6.45, 7) is 6.01. The van der Waals surface area contributed by atoms with E-state index in [1.165, 1.54) is 11.8 Å². The molecule has 0 radical (unpaired) electrons. The number of urea groups is 1. The van der Waals surface area contributed by atoms with E-state index in [1.807, 2.05) is 42.8 Å². The Kier molecular flexibility index (Phi) is 6.41. The fraction of sp³-hybridized carbons (Fsp3) is 0.350. The van der Waals surface area contributed by atoms with Crippen molar-refractivity contribution in [2.45, 2.75) is 38.4 Å². The maximum absolute atomic E-state index is 12.5. The number of hydrogen-bond donors (Lipinski definition) is 2. The summed E-state index contributed by atoms with van der Waals surface area (Å²) in [5.74, 6) is 0.000404. The van der Waals surface area contributed by atoms with Crippen LogP contribution in [0.25, 0.3) is 5.69 Å². The first kappa shape index (κ1) is 20.0. The van der Waals surface area contributed by atoms with Crippen molar-refractivity contribution in [1.82, 2.24) is 20.2 Å². The van der Waals surface area contributed by atoms with E-state index in [4.69, 9.17) is 4.74 Å². The second-order valence-electron chi connectivity index (χ2n) is 6.38. The molecule has 2 N–H and O–H groups in total. The fourth-order valence-corrected chi connectivity index (χ4v) is 4.02. The lowest BCUT2D eigenvalue weighted by molar-refractivity contribution is -0.139. The standard InChI is InChI=1S/C20H24N4O3S/c1-4-15-17(18(25)27-5-2)16(23-19(26)22-15)12-28-20-21-9-10-24(20)14-8-6-7-13(3)11-14/h6-11,15H,4-5,12H2,1-3H3,(H2,22,23,26). The van der Waals surface area contributed by atoms with Crippen LogP contribution in [0.2, 0.25) is 0 Å². The van der Waals surface area contributed by atoms with Gasteiger partial charge in [0.05, 0.1) is 18.2 Å². The quantitative estimate of drug-likeness (QED) is 0.551. The van der Waals surface area contributed by atoms with Gasteiger partial charge < -0.3 is 15.4 Å². The van der Waals surface area contributed by atoms with Gasteiger partial charge in [0, 0.05) is 29.5 Å². The van der Waals surface area contributed by atoms with Crippen molar-refractivity contribution in [2.75, 3.05) is 12.4 Å². The van der Waals surface area contributed by atoms with E-state index in [-0.39, 0.29) is 18.7 Å². The maximum Gasteiger partial charge on any atom is 0.337 e. The second-order valence-corrected chi connectivity index (χ2v) is 7.32.